The Morgan fingerprint density at radius 3 is 2.71 bits per heavy atom. The quantitative estimate of drug-likeness (QED) is 0.751. The summed E-state index contributed by atoms with van der Waals surface area (Å²) in [4.78, 5) is 0. The van der Waals surface area contributed by atoms with E-state index in [4.69, 9.17) is 4.42 Å². The molecule has 80 valence electrons. The van der Waals surface area contributed by atoms with Gasteiger partial charge in [0.25, 0.3) is 0 Å². The van der Waals surface area contributed by atoms with Crippen molar-refractivity contribution in [3.8, 4) is 0 Å². The van der Waals surface area contributed by atoms with E-state index >= 15 is 0 Å². The first-order valence-corrected chi connectivity index (χ1v) is 5.57. The van der Waals surface area contributed by atoms with Gasteiger partial charge in [-0.1, -0.05) is 20.3 Å². The molecule has 0 aliphatic heterocycles. The SMILES string of the molecule is CCCC(CC)N[C@@H](C)c1ccco1. The Morgan fingerprint density at radius 1 is 1.43 bits per heavy atom. The monoisotopic (exact) mass is 195 g/mol. The molecule has 0 aliphatic rings. The molecule has 0 fully saturated rings. The highest BCUT2D eigenvalue weighted by molar-refractivity contribution is 5.03. The van der Waals surface area contributed by atoms with Crippen LogP contribution in [0.15, 0.2) is 22.8 Å². The zero-order chi connectivity index (χ0) is 10.4. The zero-order valence-electron chi connectivity index (χ0n) is 9.42. The fraction of sp³-hybridized carbons (Fsp3) is 0.667. The molecule has 1 aromatic heterocycles. The molecular formula is C12H21NO. The molecule has 0 aromatic carbocycles. The summed E-state index contributed by atoms with van der Waals surface area (Å²) in [6.45, 7) is 6.60. The summed E-state index contributed by atoms with van der Waals surface area (Å²) in [7, 11) is 0. The maximum Gasteiger partial charge on any atom is 0.120 e. The van der Waals surface area contributed by atoms with E-state index in [1.54, 1.807) is 6.26 Å². The van der Waals surface area contributed by atoms with Crippen LogP contribution in [0, 0.1) is 0 Å². The summed E-state index contributed by atoms with van der Waals surface area (Å²) in [6.07, 6.45) is 5.38. The Morgan fingerprint density at radius 2 is 2.21 bits per heavy atom. The Bertz CT molecular complexity index is 230. The van der Waals surface area contributed by atoms with E-state index in [9.17, 15) is 0 Å². The topological polar surface area (TPSA) is 25.2 Å². The van der Waals surface area contributed by atoms with Crippen LogP contribution in [0.4, 0.5) is 0 Å². The lowest BCUT2D eigenvalue weighted by atomic mass is 10.1. The van der Waals surface area contributed by atoms with Crippen LogP contribution in [0.25, 0.3) is 0 Å². The minimum atomic E-state index is 0.321. The van der Waals surface area contributed by atoms with Crippen LogP contribution in [-0.2, 0) is 0 Å². The molecule has 1 unspecified atom stereocenters. The minimum Gasteiger partial charge on any atom is -0.468 e. The van der Waals surface area contributed by atoms with E-state index in [1.807, 2.05) is 12.1 Å². The second-order valence-corrected chi connectivity index (χ2v) is 3.80. The first-order chi connectivity index (χ1) is 6.77. The van der Waals surface area contributed by atoms with Crippen LogP contribution in [0.5, 0.6) is 0 Å². The van der Waals surface area contributed by atoms with Gasteiger partial charge in [0.1, 0.15) is 5.76 Å². The van der Waals surface area contributed by atoms with Gasteiger partial charge in [0.05, 0.1) is 12.3 Å². The highest BCUT2D eigenvalue weighted by Crippen LogP contribution is 2.15. The van der Waals surface area contributed by atoms with Crippen molar-refractivity contribution < 1.29 is 4.42 Å². The van der Waals surface area contributed by atoms with Crippen LogP contribution in [-0.4, -0.2) is 6.04 Å². The van der Waals surface area contributed by atoms with Crippen molar-refractivity contribution in [3.05, 3.63) is 24.2 Å². The fourth-order valence-corrected chi connectivity index (χ4v) is 1.73. The molecule has 1 aromatic rings. The molecule has 2 heteroatoms. The molecule has 0 aliphatic carbocycles. The summed E-state index contributed by atoms with van der Waals surface area (Å²) in [5, 5.41) is 3.58. The molecule has 14 heavy (non-hydrogen) atoms. The molecular weight excluding hydrogens is 174 g/mol. The van der Waals surface area contributed by atoms with Gasteiger partial charge in [0.2, 0.25) is 0 Å². The molecule has 1 heterocycles. The lowest BCUT2D eigenvalue weighted by Gasteiger charge is -2.20. The summed E-state index contributed by atoms with van der Waals surface area (Å²) in [5.41, 5.74) is 0. The highest BCUT2D eigenvalue weighted by Gasteiger charge is 2.12. The lowest BCUT2D eigenvalue weighted by molar-refractivity contribution is 0.368. The molecule has 0 radical (unpaired) electrons. The lowest BCUT2D eigenvalue weighted by Crippen LogP contribution is -2.30. The van der Waals surface area contributed by atoms with E-state index in [0.717, 1.165) is 5.76 Å². The van der Waals surface area contributed by atoms with E-state index in [1.165, 1.54) is 19.3 Å². The van der Waals surface area contributed by atoms with Gasteiger partial charge in [-0.3, -0.25) is 0 Å². The third-order valence-electron chi connectivity index (χ3n) is 2.59. The molecule has 2 nitrogen and oxygen atoms in total. The average Bonchev–Trinajstić information content (AvgIpc) is 2.69. The minimum absolute atomic E-state index is 0.321. The van der Waals surface area contributed by atoms with Crippen molar-refractivity contribution in [2.75, 3.05) is 0 Å². The summed E-state index contributed by atoms with van der Waals surface area (Å²) in [5.74, 6) is 1.03. The highest BCUT2D eigenvalue weighted by atomic mass is 16.3. The number of hydrogen-bond acceptors (Lipinski definition) is 2. The predicted molar refractivity (Wildman–Crippen MR) is 59.2 cm³/mol. The predicted octanol–water partition coefficient (Wildman–Crippen LogP) is 3.51. The van der Waals surface area contributed by atoms with Crippen molar-refractivity contribution >= 4 is 0 Å². The van der Waals surface area contributed by atoms with Crippen molar-refractivity contribution in [2.24, 2.45) is 0 Å². The molecule has 2 atom stereocenters. The van der Waals surface area contributed by atoms with Crippen molar-refractivity contribution in [2.45, 2.75) is 52.1 Å². The van der Waals surface area contributed by atoms with Gasteiger partial charge < -0.3 is 9.73 Å². The van der Waals surface area contributed by atoms with Crippen molar-refractivity contribution in [1.82, 2.24) is 5.32 Å². The molecule has 0 amide bonds. The van der Waals surface area contributed by atoms with Crippen LogP contribution in [0.1, 0.15) is 51.8 Å². The number of hydrogen-bond donors (Lipinski definition) is 1. The third-order valence-corrected chi connectivity index (χ3v) is 2.59. The largest absolute Gasteiger partial charge is 0.468 e. The average molecular weight is 195 g/mol. The van der Waals surface area contributed by atoms with Gasteiger partial charge in [0.15, 0.2) is 0 Å². The molecule has 0 saturated carbocycles. The van der Waals surface area contributed by atoms with Crippen LogP contribution in [0.3, 0.4) is 0 Å². The normalized spacial score (nSPS) is 15.4. The second kappa shape index (κ2) is 5.86. The molecule has 0 saturated heterocycles. The van der Waals surface area contributed by atoms with Crippen LogP contribution in [0.2, 0.25) is 0 Å². The van der Waals surface area contributed by atoms with E-state index in [0.29, 0.717) is 12.1 Å². The standard InChI is InChI=1S/C12H21NO/c1-4-7-11(5-2)13-10(3)12-8-6-9-14-12/h6,8-11,13H,4-5,7H2,1-3H3/t10-,11?/m0/s1. The molecule has 1 rings (SSSR count). The van der Waals surface area contributed by atoms with Gasteiger partial charge in [-0.05, 0) is 31.9 Å². The fourth-order valence-electron chi connectivity index (χ4n) is 1.73. The van der Waals surface area contributed by atoms with E-state index < -0.39 is 0 Å². The number of rotatable bonds is 6. The van der Waals surface area contributed by atoms with Gasteiger partial charge >= 0.3 is 0 Å². The smallest absolute Gasteiger partial charge is 0.120 e. The Balaban J connectivity index is 2.42. The van der Waals surface area contributed by atoms with Gasteiger partial charge in [-0.25, -0.2) is 0 Å². The first-order valence-electron chi connectivity index (χ1n) is 5.57. The van der Waals surface area contributed by atoms with Crippen LogP contribution >= 0.6 is 0 Å². The van der Waals surface area contributed by atoms with E-state index in [2.05, 4.69) is 26.1 Å². The molecule has 0 bridgehead atoms. The van der Waals surface area contributed by atoms with Crippen molar-refractivity contribution in [3.63, 3.8) is 0 Å². The van der Waals surface area contributed by atoms with Gasteiger partial charge in [0, 0.05) is 6.04 Å². The van der Waals surface area contributed by atoms with E-state index in [-0.39, 0.29) is 0 Å². The van der Waals surface area contributed by atoms with Gasteiger partial charge in [-0.2, -0.15) is 0 Å². The number of nitrogens with one attached hydrogen (secondary N) is 1. The Hall–Kier alpha value is -0.760. The van der Waals surface area contributed by atoms with Crippen molar-refractivity contribution in [1.29, 1.82) is 0 Å². The third kappa shape index (κ3) is 3.18. The number of furan rings is 1. The maximum absolute atomic E-state index is 5.36. The second-order valence-electron chi connectivity index (χ2n) is 3.80. The zero-order valence-corrected chi connectivity index (χ0v) is 9.42. The Labute approximate surface area is 86.7 Å². The summed E-state index contributed by atoms with van der Waals surface area (Å²) < 4.78 is 5.36. The van der Waals surface area contributed by atoms with Crippen LogP contribution < -0.4 is 5.32 Å². The first kappa shape index (κ1) is 11.3. The summed E-state index contributed by atoms with van der Waals surface area (Å²) in [6, 6.07) is 4.89. The molecule has 0 spiro atoms. The molecule has 1 N–H and O–H groups in total. The Kier molecular flexibility index (Phi) is 4.74. The summed E-state index contributed by atoms with van der Waals surface area (Å²) >= 11 is 0. The van der Waals surface area contributed by atoms with Gasteiger partial charge in [-0.15, -0.1) is 0 Å². The maximum atomic E-state index is 5.36.